The van der Waals surface area contributed by atoms with Crippen molar-refractivity contribution in [1.29, 1.82) is 0 Å². The van der Waals surface area contributed by atoms with Crippen molar-refractivity contribution in [2.24, 2.45) is 23.7 Å². The van der Waals surface area contributed by atoms with E-state index in [1.807, 2.05) is 18.2 Å². The van der Waals surface area contributed by atoms with Crippen molar-refractivity contribution >= 4 is 17.3 Å². The number of hydrogen-bond donors (Lipinski definition) is 2. The summed E-state index contributed by atoms with van der Waals surface area (Å²) < 4.78 is 16.6. The van der Waals surface area contributed by atoms with E-state index < -0.39 is 17.5 Å². The second-order valence-electron chi connectivity index (χ2n) is 12.0. The molecule has 1 aliphatic heterocycles. The molecule has 0 amide bonds. The molecule has 3 aromatic carbocycles. The van der Waals surface area contributed by atoms with E-state index in [2.05, 4.69) is 73.2 Å². The first-order chi connectivity index (χ1) is 19.4. The molecule has 3 aliphatic rings. The van der Waals surface area contributed by atoms with Crippen LogP contribution in [0.4, 0.5) is 5.95 Å². The maximum atomic E-state index is 13.5. The maximum Gasteiger partial charge on any atom is 0.266 e. The van der Waals surface area contributed by atoms with E-state index in [0.29, 0.717) is 23.7 Å². The van der Waals surface area contributed by atoms with E-state index in [1.165, 1.54) is 11.1 Å². The van der Waals surface area contributed by atoms with Gasteiger partial charge in [-0.3, -0.25) is 0 Å². The molecule has 4 aromatic rings. The molecule has 6 atom stereocenters. The molecule has 0 saturated heterocycles. The van der Waals surface area contributed by atoms with Gasteiger partial charge < -0.3 is 9.66 Å². The average Bonchev–Trinajstić information content (AvgIpc) is 2.94. The Morgan fingerprint density at radius 2 is 1.65 bits per heavy atom. The minimum Gasteiger partial charge on any atom is -0.588 e. The van der Waals surface area contributed by atoms with Gasteiger partial charge in [-0.1, -0.05) is 54.6 Å². The van der Waals surface area contributed by atoms with Crippen LogP contribution < -0.4 is 4.72 Å². The van der Waals surface area contributed by atoms with Crippen LogP contribution in [-0.2, 0) is 30.6 Å². The van der Waals surface area contributed by atoms with Crippen molar-refractivity contribution in [2.45, 2.75) is 57.0 Å². The smallest absolute Gasteiger partial charge is 0.266 e. The van der Waals surface area contributed by atoms with Gasteiger partial charge in [0.2, 0.25) is 0 Å². The predicted molar refractivity (Wildman–Crippen MR) is 159 cm³/mol. The fourth-order valence-electron chi connectivity index (χ4n) is 7.71. The summed E-state index contributed by atoms with van der Waals surface area (Å²) in [5.41, 5.74) is 8.84. The van der Waals surface area contributed by atoms with Crippen LogP contribution >= 0.6 is 0 Å². The van der Waals surface area contributed by atoms with Crippen molar-refractivity contribution < 1.29 is 9.66 Å². The molecule has 0 spiro atoms. The minimum atomic E-state index is -1.48. The van der Waals surface area contributed by atoms with Gasteiger partial charge in [0.25, 0.3) is 5.95 Å². The van der Waals surface area contributed by atoms with Crippen LogP contribution in [0.1, 0.15) is 52.5 Å². The van der Waals surface area contributed by atoms with Gasteiger partial charge in [-0.05, 0) is 116 Å². The van der Waals surface area contributed by atoms with Gasteiger partial charge in [-0.2, -0.15) is 4.72 Å². The van der Waals surface area contributed by atoms with Crippen molar-refractivity contribution in [1.82, 2.24) is 9.97 Å². The van der Waals surface area contributed by atoms with Gasteiger partial charge in [0.15, 0.2) is 4.90 Å². The lowest BCUT2D eigenvalue weighted by Crippen LogP contribution is -2.41. The standard InChI is InChI=1S/C34H35N3O2S/c1-20-7-5-8-21(2)32(20)31-19-26-15-23-14-25(29-18-24-10-3-4-12-28(24)33(38)30(29)17-23)13-22-9-6-11-27(16-22)40(39)37-34(35-26)36-31/h3-12,16,19,23,25,29-30,33,38H,13-15,17-18H2,1-2H3,(H,35,36,37)/t23?,25?,29?,30-,33-,40?/m0/s1. The lowest BCUT2D eigenvalue weighted by molar-refractivity contribution is -0.0119. The van der Waals surface area contributed by atoms with Gasteiger partial charge >= 0.3 is 0 Å². The van der Waals surface area contributed by atoms with Crippen molar-refractivity contribution in [3.8, 4) is 11.3 Å². The zero-order chi connectivity index (χ0) is 27.4. The number of nitrogens with zero attached hydrogens (tertiary/aromatic N) is 2. The molecule has 2 N–H and O–H groups in total. The number of aromatic nitrogens is 2. The van der Waals surface area contributed by atoms with Crippen LogP contribution in [0.5, 0.6) is 0 Å². The second-order valence-corrected chi connectivity index (χ2v) is 13.2. The largest absolute Gasteiger partial charge is 0.588 e. The average molecular weight is 550 g/mol. The van der Waals surface area contributed by atoms with E-state index in [0.717, 1.165) is 70.6 Å². The van der Waals surface area contributed by atoms with Crippen LogP contribution in [0.2, 0.25) is 0 Å². The Morgan fingerprint density at radius 1 is 0.850 bits per heavy atom. The number of aliphatic hydroxyl groups is 1. The first-order valence-electron chi connectivity index (χ1n) is 14.4. The van der Waals surface area contributed by atoms with Gasteiger partial charge in [0, 0.05) is 11.3 Å². The highest BCUT2D eigenvalue weighted by atomic mass is 32.2. The van der Waals surface area contributed by atoms with E-state index in [9.17, 15) is 9.66 Å². The summed E-state index contributed by atoms with van der Waals surface area (Å²) in [6, 6.07) is 25.0. The monoisotopic (exact) mass is 549 g/mol. The zero-order valence-corrected chi connectivity index (χ0v) is 23.8. The third-order valence-electron chi connectivity index (χ3n) is 9.44. The third-order valence-corrected chi connectivity index (χ3v) is 10.5. The number of benzene rings is 3. The van der Waals surface area contributed by atoms with E-state index in [1.54, 1.807) is 0 Å². The fourth-order valence-corrected chi connectivity index (χ4v) is 8.54. The quantitative estimate of drug-likeness (QED) is 0.264. The molecular formula is C34H35N3O2S. The number of hydrogen-bond acceptors (Lipinski definition) is 5. The Labute approximate surface area is 239 Å². The van der Waals surface area contributed by atoms with Gasteiger partial charge in [-0.15, -0.1) is 0 Å². The summed E-state index contributed by atoms with van der Waals surface area (Å²) in [6.45, 7) is 4.22. The molecule has 6 heteroatoms. The topological polar surface area (TPSA) is 81.1 Å². The van der Waals surface area contributed by atoms with Crippen LogP contribution in [0.3, 0.4) is 0 Å². The van der Waals surface area contributed by atoms with E-state index in [-0.39, 0.29) is 5.92 Å². The summed E-state index contributed by atoms with van der Waals surface area (Å²) >= 11 is -1.48. The minimum absolute atomic E-state index is 0.221. The SMILES string of the molecule is Cc1cccc(C)c1-c1cc2nc(n1)N[S+]([O-])c1cccc(c1)CC1CC(C2)C[C@H]2C1Cc1ccccc1[C@@H]2O. The van der Waals surface area contributed by atoms with Crippen LogP contribution in [0.15, 0.2) is 77.7 Å². The molecule has 4 unspecified atom stereocenters. The van der Waals surface area contributed by atoms with E-state index >= 15 is 0 Å². The number of anilines is 1. The molecule has 40 heavy (non-hydrogen) atoms. The Morgan fingerprint density at radius 3 is 2.50 bits per heavy atom. The Bertz CT molecular complexity index is 1550. The first kappa shape index (κ1) is 25.8. The summed E-state index contributed by atoms with van der Waals surface area (Å²) in [6.07, 6.45) is 4.38. The Kier molecular flexibility index (Phi) is 6.65. The predicted octanol–water partition coefficient (Wildman–Crippen LogP) is 6.54. The normalized spacial score (nSPS) is 27.2. The van der Waals surface area contributed by atoms with Crippen LogP contribution in [0.25, 0.3) is 11.3 Å². The van der Waals surface area contributed by atoms with Crippen LogP contribution in [-0.4, -0.2) is 19.6 Å². The number of rotatable bonds is 1. The lowest BCUT2D eigenvalue weighted by atomic mass is 9.58. The summed E-state index contributed by atoms with van der Waals surface area (Å²) in [7, 11) is 0. The number of aliphatic hydroxyl groups excluding tert-OH is 1. The highest BCUT2D eigenvalue weighted by Gasteiger charge is 2.44. The van der Waals surface area contributed by atoms with Crippen molar-refractivity contribution in [3.63, 3.8) is 0 Å². The molecule has 1 aromatic heterocycles. The fraction of sp³-hybridized carbons (Fsp3) is 0.353. The van der Waals surface area contributed by atoms with Gasteiger partial charge in [0.1, 0.15) is 11.4 Å². The summed E-state index contributed by atoms with van der Waals surface area (Å²) in [5, 5.41) is 11.6. The molecule has 0 radical (unpaired) electrons. The van der Waals surface area contributed by atoms with Crippen molar-refractivity contribution in [2.75, 3.05) is 4.72 Å². The third kappa shape index (κ3) is 4.72. The van der Waals surface area contributed by atoms with E-state index in [4.69, 9.17) is 9.97 Å². The number of nitrogens with one attached hydrogen (secondary N) is 1. The Hall–Kier alpha value is -3.19. The van der Waals surface area contributed by atoms with Gasteiger partial charge in [-0.25, -0.2) is 9.97 Å². The molecule has 2 heterocycles. The van der Waals surface area contributed by atoms with Crippen LogP contribution in [0, 0.1) is 37.5 Å². The summed E-state index contributed by atoms with van der Waals surface area (Å²) in [4.78, 5) is 10.5. The summed E-state index contributed by atoms with van der Waals surface area (Å²) in [5.74, 6) is 1.87. The highest BCUT2D eigenvalue weighted by molar-refractivity contribution is 7.92. The number of fused-ring (bicyclic) bond motifs is 9. The zero-order valence-electron chi connectivity index (χ0n) is 23.0. The molecule has 7 rings (SSSR count). The Balaban J connectivity index is 1.34. The molecule has 5 nitrogen and oxygen atoms in total. The van der Waals surface area contributed by atoms with Crippen molar-refractivity contribution in [3.05, 3.63) is 106 Å². The molecule has 2 aliphatic carbocycles. The molecular weight excluding hydrogens is 514 g/mol. The lowest BCUT2D eigenvalue weighted by Gasteiger charge is -2.47. The highest BCUT2D eigenvalue weighted by Crippen LogP contribution is 2.51. The molecule has 204 valence electrons. The maximum absolute atomic E-state index is 13.5. The number of aryl methyl sites for hydroxylation is 2. The molecule has 6 bridgehead atoms. The van der Waals surface area contributed by atoms with Gasteiger partial charge in [0.05, 0.1) is 11.8 Å². The second kappa shape index (κ2) is 10.3. The molecule has 1 fully saturated rings. The first-order valence-corrected chi connectivity index (χ1v) is 15.6. The molecule has 1 saturated carbocycles.